The molecule has 1 aromatic heterocycles. The number of nitrogens with zero attached hydrogens (tertiary/aromatic N) is 1. The van der Waals surface area contributed by atoms with Gasteiger partial charge in [0.25, 0.3) is 0 Å². The number of aliphatic hydroxyl groups is 1. The van der Waals surface area contributed by atoms with Crippen molar-refractivity contribution < 1.29 is 9.90 Å². The minimum Gasteiger partial charge on any atom is -0.390 e. The van der Waals surface area contributed by atoms with Crippen molar-refractivity contribution >= 4 is 16.8 Å². The lowest BCUT2D eigenvalue weighted by molar-refractivity contribution is -0.178. The second-order valence-electron chi connectivity index (χ2n) is 9.25. The van der Waals surface area contributed by atoms with E-state index in [2.05, 4.69) is 48.1 Å². The summed E-state index contributed by atoms with van der Waals surface area (Å²) >= 11 is 0. The summed E-state index contributed by atoms with van der Waals surface area (Å²) in [6.07, 6.45) is 8.45. The molecule has 2 aliphatic carbocycles. The van der Waals surface area contributed by atoms with Crippen molar-refractivity contribution in [2.45, 2.75) is 88.3 Å². The average molecular weight is 367 g/mol. The molecule has 2 saturated heterocycles. The summed E-state index contributed by atoms with van der Waals surface area (Å²) < 4.78 is 0. The monoisotopic (exact) mass is 366 g/mol. The molecular weight excluding hydrogens is 336 g/mol. The lowest BCUT2D eigenvalue weighted by atomic mass is 9.66. The van der Waals surface area contributed by atoms with E-state index in [1.54, 1.807) is 0 Å². The molecule has 4 aliphatic rings. The van der Waals surface area contributed by atoms with Crippen LogP contribution in [0.15, 0.2) is 24.4 Å². The van der Waals surface area contributed by atoms with Gasteiger partial charge in [0.2, 0.25) is 5.91 Å². The minimum atomic E-state index is -0.496. The van der Waals surface area contributed by atoms with Crippen molar-refractivity contribution in [3.8, 4) is 0 Å². The molecule has 3 heterocycles. The third-order valence-corrected chi connectivity index (χ3v) is 7.19. The topological polar surface area (TPSA) is 56.3 Å². The highest BCUT2D eigenvalue weighted by Gasteiger charge is 2.54. The van der Waals surface area contributed by atoms with E-state index in [0.717, 1.165) is 25.7 Å². The maximum Gasteiger partial charge on any atom is 0.223 e. The number of hydrogen-bond acceptors (Lipinski definition) is 2. The molecule has 2 bridgehead atoms. The first-order valence-electron chi connectivity index (χ1n) is 10.6. The Morgan fingerprint density at radius 1 is 1.33 bits per heavy atom. The Kier molecular flexibility index (Phi) is 3.91. The third kappa shape index (κ3) is 2.80. The zero-order valence-corrected chi connectivity index (χ0v) is 16.4. The zero-order chi connectivity index (χ0) is 18.8. The van der Waals surface area contributed by atoms with Crippen LogP contribution in [0.4, 0.5) is 0 Å². The first-order chi connectivity index (χ1) is 13.0. The van der Waals surface area contributed by atoms with Crippen LogP contribution < -0.4 is 0 Å². The van der Waals surface area contributed by atoms with Gasteiger partial charge in [0.1, 0.15) is 0 Å². The van der Waals surface area contributed by atoms with Gasteiger partial charge in [-0.1, -0.05) is 26.0 Å². The van der Waals surface area contributed by atoms with Crippen molar-refractivity contribution in [2.24, 2.45) is 0 Å². The fraction of sp³-hybridized carbons (Fsp3) is 0.609. The van der Waals surface area contributed by atoms with Crippen LogP contribution in [0.2, 0.25) is 0 Å². The summed E-state index contributed by atoms with van der Waals surface area (Å²) in [7, 11) is 0. The molecule has 2 N–H and O–H groups in total. The van der Waals surface area contributed by atoms with Gasteiger partial charge in [0, 0.05) is 35.6 Å². The van der Waals surface area contributed by atoms with Gasteiger partial charge in [-0.3, -0.25) is 4.79 Å². The van der Waals surface area contributed by atoms with Gasteiger partial charge < -0.3 is 15.0 Å². The number of H-pyrrole nitrogens is 1. The SMILES string of the molecule is CCC1CC2(O)CC(C2)N1C(=O)CC(C)c1c[nH]c2cccc(C3CC3)c12. The standard InChI is InChI=1S/C23H30N2O2/c1-3-16-10-23(27)11-17(12-23)25(16)21(26)9-14(2)19-13-24-20-6-4-5-18(22(19)20)15-7-8-15/h4-6,13-17,24,27H,3,7-12H2,1-2H3. The molecule has 0 radical (unpaired) electrons. The second-order valence-corrected chi connectivity index (χ2v) is 9.25. The van der Waals surface area contributed by atoms with Gasteiger partial charge in [-0.15, -0.1) is 0 Å². The van der Waals surface area contributed by atoms with Gasteiger partial charge >= 0.3 is 0 Å². The molecule has 2 aliphatic heterocycles. The predicted octanol–water partition coefficient (Wildman–Crippen LogP) is 4.44. The molecule has 27 heavy (non-hydrogen) atoms. The lowest BCUT2D eigenvalue weighted by Gasteiger charge is -2.58. The summed E-state index contributed by atoms with van der Waals surface area (Å²) in [5.74, 6) is 1.16. The molecule has 2 atom stereocenters. The molecular formula is C23H30N2O2. The molecule has 144 valence electrons. The molecule has 2 unspecified atom stereocenters. The molecule has 1 aromatic carbocycles. The maximum absolute atomic E-state index is 13.2. The average Bonchev–Trinajstić information content (AvgIpc) is 3.38. The number of carbonyl (C=O) groups excluding carboxylic acids is 1. The van der Waals surface area contributed by atoms with Crippen molar-refractivity contribution in [2.75, 3.05) is 0 Å². The molecule has 0 spiro atoms. The Morgan fingerprint density at radius 2 is 2.11 bits per heavy atom. The molecule has 4 heteroatoms. The number of hydrogen-bond donors (Lipinski definition) is 2. The molecule has 2 saturated carbocycles. The Labute approximate surface area is 160 Å². The Bertz CT molecular complexity index is 876. The Hall–Kier alpha value is -1.81. The maximum atomic E-state index is 13.2. The van der Waals surface area contributed by atoms with E-state index < -0.39 is 5.60 Å². The fourth-order valence-corrected chi connectivity index (χ4v) is 5.60. The summed E-state index contributed by atoms with van der Waals surface area (Å²) in [6.45, 7) is 4.32. The molecule has 4 fully saturated rings. The van der Waals surface area contributed by atoms with Crippen LogP contribution in [0, 0.1) is 0 Å². The Balaban J connectivity index is 1.38. The normalized spacial score (nSPS) is 31.0. The van der Waals surface area contributed by atoms with Crippen LogP contribution in [0.25, 0.3) is 10.9 Å². The van der Waals surface area contributed by atoms with Crippen LogP contribution in [0.5, 0.6) is 0 Å². The zero-order valence-electron chi connectivity index (χ0n) is 16.4. The van der Waals surface area contributed by atoms with E-state index >= 15 is 0 Å². The third-order valence-electron chi connectivity index (χ3n) is 7.19. The van der Waals surface area contributed by atoms with Crippen LogP contribution in [0.3, 0.4) is 0 Å². The first-order valence-corrected chi connectivity index (χ1v) is 10.6. The highest BCUT2D eigenvalue weighted by molar-refractivity contribution is 5.89. The Morgan fingerprint density at radius 3 is 2.81 bits per heavy atom. The fourth-order valence-electron chi connectivity index (χ4n) is 5.60. The molecule has 2 aromatic rings. The van der Waals surface area contributed by atoms with Gasteiger partial charge in [-0.05, 0) is 67.6 Å². The second kappa shape index (κ2) is 6.10. The van der Waals surface area contributed by atoms with E-state index in [9.17, 15) is 9.90 Å². The molecule has 1 amide bonds. The van der Waals surface area contributed by atoms with E-state index in [4.69, 9.17) is 0 Å². The highest BCUT2D eigenvalue weighted by atomic mass is 16.3. The number of aromatic nitrogens is 1. The van der Waals surface area contributed by atoms with E-state index in [1.807, 2.05) is 0 Å². The quantitative estimate of drug-likeness (QED) is 0.822. The summed E-state index contributed by atoms with van der Waals surface area (Å²) in [5.41, 5.74) is 3.44. The largest absolute Gasteiger partial charge is 0.390 e. The smallest absolute Gasteiger partial charge is 0.223 e. The van der Waals surface area contributed by atoms with E-state index in [0.29, 0.717) is 12.3 Å². The number of benzene rings is 1. The molecule has 6 rings (SSSR count). The number of carbonyl (C=O) groups is 1. The number of rotatable bonds is 5. The number of nitrogens with one attached hydrogen (secondary N) is 1. The van der Waals surface area contributed by atoms with Gasteiger partial charge in [-0.2, -0.15) is 0 Å². The number of amides is 1. The van der Waals surface area contributed by atoms with Crippen LogP contribution in [0.1, 0.15) is 81.8 Å². The molecule has 4 nitrogen and oxygen atoms in total. The summed E-state index contributed by atoms with van der Waals surface area (Å²) in [4.78, 5) is 18.8. The summed E-state index contributed by atoms with van der Waals surface area (Å²) in [5, 5.41) is 11.8. The first kappa shape index (κ1) is 17.3. The van der Waals surface area contributed by atoms with E-state index in [-0.39, 0.29) is 23.9 Å². The lowest BCUT2D eigenvalue weighted by Crippen LogP contribution is -2.67. The van der Waals surface area contributed by atoms with E-state index in [1.165, 1.54) is 34.9 Å². The van der Waals surface area contributed by atoms with Crippen molar-refractivity contribution in [1.29, 1.82) is 0 Å². The van der Waals surface area contributed by atoms with Crippen molar-refractivity contribution in [1.82, 2.24) is 9.88 Å². The van der Waals surface area contributed by atoms with Gasteiger partial charge in [0.15, 0.2) is 0 Å². The van der Waals surface area contributed by atoms with Gasteiger partial charge in [0.05, 0.1) is 5.60 Å². The number of aromatic amines is 1. The van der Waals surface area contributed by atoms with Crippen molar-refractivity contribution in [3.63, 3.8) is 0 Å². The van der Waals surface area contributed by atoms with Crippen LogP contribution in [-0.2, 0) is 4.79 Å². The number of piperidine rings is 2. The van der Waals surface area contributed by atoms with Crippen molar-refractivity contribution in [3.05, 3.63) is 35.5 Å². The minimum absolute atomic E-state index is 0.199. The van der Waals surface area contributed by atoms with Crippen LogP contribution >= 0.6 is 0 Å². The number of fused-ring (bicyclic) bond motifs is 3. The van der Waals surface area contributed by atoms with Crippen LogP contribution in [-0.4, -0.2) is 38.6 Å². The summed E-state index contributed by atoms with van der Waals surface area (Å²) in [6, 6.07) is 7.00. The van der Waals surface area contributed by atoms with Gasteiger partial charge in [-0.25, -0.2) is 0 Å². The highest BCUT2D eigenvalue weighted by Crippen LogP contribution is 2.48. The predicted molar refractivity (Wildman–Crippen MR) is 107 cm³/mol.